The molecule has 8 nitrogen and oxygen atoms in total. The summed E-state index contributed by atoms with van der Waals surface area (Å²) in [5, 5.41) is 16.8. The molecule has 4 atom stereocenters. The van der Waals surface area contributed by atoms with Crippen LogP contribution in [0.5, 0.6) is 0 Å². The van der Waals surface area contributed by atoms with Crippen LogP contribution < -0.4 is 11.1 Å². The van der Waals surface area contributed by atoms with E-state index in [0.717, 1.165) is 12.1 Å². The number of aromatic nitrogens is 2. The van der Waals surface area contributed by atoms with E-state index in [4.69, 9.17) is 10.5 Å². The Bertz CT molecular complexity index is 1040. The zero-order valence-electron chi connectivity index (χ0n) is 17.4. The summed E-state index contributed by atoms with van der Waals surface area (Å²) in [4.78, 5) is 23.3. The third kappa shape index (κ3) is 5.01. The zero-order chi connectivity index (χ0) is 23.6. The molecule has 0 bridgehead atoms. The van der Waals surface area contributed by atoms with Gasteiger partial charge in [-0.15, -0.1) is 0 Å². The molecule has 1 heterocycles. The minimum absolute atomic E-state index is 0.0383. The highest BCUT2D eigenvalue weighted by Gasteiger charge is 2.39. The predicted molar refractivity (Wildman–Crippen MR) is 108 cm³/mol. The monoisotopic (exact) mass is 449 g/mol. The Morgan fingerprint density at radius 1 is 1.28 bits per heavy atom. The first-order chi connectivity index (χ1) is 15.0. The maximum Gasteiger partial charge on any atom is 0.416 e. The molecule has 3 rings (SSSR count). The Morgan fingerprint density at radius 3 is 2.47 bits per heavy atom. The first-order valence-corrected chi connectivity index (χ1v) is 9.89. The fraction of sp³-hybridized carbons (Fsp3) is 0.429. The number of anilines is 2. The van der Waals surface area contributed by atoms with E-state index in [-0.39, 0.29) is 23.0 Å². The second-order valence-corrected chi connectivity index (χ2v) is 7.84. The second kappa shape index (κ2) is 8.90. The molecule has 1 saturated carbocycles. The summed E-state index contributed by atoms with van der Waals surface area (Å²) in [6.07, 6.45) is -2.66. The van der Waals surface area contributed by atoms with Gasteiger partial charge in [0.2, 0.25) is 0 Å². The van der Waals surface area contributed by atoms with Crippen LogP contribution in [0.2, 0.25) is 0 Å². The van der Waals surface area contributed by atoms with Gasteiger partial charge in [0.1, 0.15) is 11.7 Å². The predicted octanol–water partition coefficient (Wildman–Crippen LogP) is 3.79. The van der Waals surface area contributed by atoms with Gasteiger partial charge in [0, 0.05) is 25.2 Å². The number of esters is 1. The highest BCUT2D eigenvalue weighted by Crippen LogP contribution is 2.39. The Morgan fingerprint density at radius 2 is 1.94 bits per heavy atom. The van der Waals surface area contributed by atoms with E-state index in [2.05, 4.69) is 16.5 Å². The number of amides is 1. The molecule has 0 aliphatic heterocycles. The van der Waals surface area contributed by atoms with Crippen molar-refractivity contribution in [3.05, 3.63) is 41.6 Å². The van der Waals surface area contributed by atoms with E-state index in [1.165, 1.54) is 29.9 Å². The highest BCUT2D eigenvalue weighted by atomic mass is 19.4. The number of hydrogen-bond donors (Lipinski definition) is 2. The van der Waals surface area contributed by atoms with Crippen LogP contribution in [0, 0.1) is 23.2 Å². The van der Waals surface area contributed by atoms with E-state index in [9.17, 15) is 28.0 Å². The highest BCUT2D eigenvalue weighted by molar-refractivity contribution is 5.98. The molecule has 0 saturated heterocycles. The maximum absolute atomic E-state index is 12.8. The summed E-state index contributed by atoms with van der Waals surface area (Å²) in [6.45, 7) is 3.21. The first kappa shape index (κ1) is 23.1. The molecule has 32 heavy (non-hydrogen) atoms. The normalized spacial score (nSPS) is 23.2. The summed E-state index contributed by atoms with van der Waals surface area (Å²) in [6, 6.07) is 6.07. The Hall–Kier alpha value is -3.55. The van der Waals surface area contributed by atoms with Crippen LogP contribution in [0.4, 0.5) is 24.7 Å². The molecular weight excluding hydrogens is 427 g/mol. The lowest BCUT2D eigenvalue weighted by Gasteiger charge is -2.36. The summed E-state index contributed by atoms with van der Waals surface area (Å²) < 4.78 is 45.1. The van der Waals surface area contributed by atoms with Crippen LogP contribution in [0.25, 0.3) is 0 Å². The van der Waals surface area contributed by atoms with Crippen molar-refractivity contribution in [3.63, 3.8) is 0 Å². The number of rotatable bonds is 5. The van der Waals surface area contributed by atoms with Gasteiger partial charge in [-0.25, -0.2) is 0 Å². The summed E-state index contributed by atoms with van der Waals surface area (Å²) in [5.74, 6) is -1.71. The minimum atomic E-state index is -4.47. The smallest absolute Gasteiger partial charge is 0.416 e. The average Bonchev–Trinajstić information content (AvgIpc) is 3.12. The Balaban J connectivity index is 1.86. The minimum Gasteiger partial charge on any atom is -0.462 e. The van der Waals surface area contributed by atoms with E-state index in [1.54, 1.807) is 0 Å². The summed E-state index contributed by atoms with van der Waals surface area (Å²) >= 11 is 0. The quantitative estimate of drug-likeness (QED) is 0.670. The molecule has 11 heteroatoms. The number of nitrogens with one attached hydrogen (secondary N) is 1. The molecule has 3 N–H and O–H groups in total. The van der Waals surface area contributed by atoms with E-state index >= 15 is 0 Å². The lowest BCUT2D eigenvalue weighted by atomic mass is 9.77. The van der Waals surface area contributed by atoms with Gasteiger partial charge in [0.05, 0.1) is 23.6 Å². The summed E-state index contributed by atoms with van der Waals surface area (Å²) in [5.41, 5.74) is 4.98. The van der Waals surface area contributed by atoms with Gasteiger partial charge in [-0.1, -0.05) is 6.92 Å². The van der Waals surface area contributed by atoms with Crippen LogP contribution in [0.15, 0.2) is 30.5 Å². The van der Waals surface area contributed by atoms with Crippen LogP contribution in [-0.4, -0.2) is 27.8 Å². The number of carbonyl (C=O) groups excluding carboxylic acids is 2. The number of carbonyl (C=O) groups is 2. The van der Waals surface area contributed by atoms with Crippen molar-refractivity contribution in [2.24, 2.45) is 17.6 Å². The average molecular weight is 449 g/mol. The third-order valence-electron chi connectivity index (χ3n) is 5.49. The fourth-order valence-electron chi connectivity index (χ4n) is 3.86. The van der Waals surface area contributed by atoms with E-state index in [1.807, 2.05) is 6.92 Å². The number of halogens is 3. The van der Waals surface area contributed by atoms with Crippen LogP contribution >= 0.6 is 0 Å². The second-order valence-electron chi connectivity index (χ2n) is 7.84. The van der Waals surface area contributed by atoms with E-state index < -0.39 is 41.7 Å². The van der Waals surface area contributed by atoms with Gasteiger partial charge in [0.15, 0.2) is 5.82 Å². The number of ether oxygens (including phenoxy) is 1. The van der Waals surface area contributed by atoms with Gasteiger partial charge >= 0.3 is 12.1 Å². The Kier molecular flexibility index (Phi) is 6.43. The fourth-order valence-corrected chi connectivity index (χ4v) is 3.86. The molecule has 1 aromatic heterocycles. The van der Waals surface area contributed by atoms with Crippen molar-refractivity contribution in [2.75, 3.05) is 5.32 Å². The van der Waals surface area contributed by atoms with Crippen LogP contribution in [0.1, 0.15) is 48.7 Å². The van der Waals surface area contributed by atoms with Gasteiger partial charge in [-0.05, 0) is 36.6 Å². The van der Waals surface area contributed by atoms with Gasteiger partial charge in [-0.3, -0.25) is 14.3 Å². The van der Waals surface area contributed by atoms with Gasteiger partial charge < -0.3 is 15.8 Å². The van der Waals surface area contributed by atoms with Crippen molar-refractivity contribution in [3.8, 4) is 6.07 Å². The molecular formula is C21H22F3N5O3. The molecule has 0 spiro atoms. The number of alkyl halides is 3. The number of hydrogen-bond acceptors (Lipinski definition) is 6. The molecule has 1 fully saturated rings. The van der Waals surface area contributed by atoms with Crippen LogP contribution in [0.3, 0.4) is 0 Å². The molecule has 1 aliphatic carbocycles. The van der Waals surface area contributed by atoms with Crippen molar-refractivity contribution < 1.29 is 27.5 Å². The first-order valence-electron chi connectivity index (χ1n) is 9.89. The van der Waals surface area contributed by atoms with Crippen molar-refractivity contribution in [2.45, 2.75) is 45.0 Å². The lowest BCUT2D eigenvalue weighted by Crippen LogP contribution is -2.37. The maximum atomic E-state index is 12.8. The topological polar surface area (TPSA) is 123 Å². The number of nitriles is 1. The molecule has 170 valence electrons. The number of nitrogens with two attached hydrogens (primary N) is 1. The van der Waals surface area contributed by atoms with Crippen molar-refractivity contribution in [1.29, 1.82) is 5.26 Å². The van der Waals surface area contributed by atoms with Crippen molar-refractivity contribution >= 4 is 23.4 Å². The lowest BCUT2D eigenvalue weighted by molar-refractivity contribution is -0.152. The Labute approximate surface area is 182 Å². The number of benzene rings is 1. The largest absolute Gasteiger partial charge is 0.462 e. The van der Waals surface area contributed by atoms with Crippen molar-refractivity contribution in [1.82, 2.24) is 9.78 Å². The zero-order valence-corrected chi connectivity index (χ0v) is 17.4. The van der Waals surface area contributed by atoms with E-state index in [0.29, 0.717) is 12.8 Å². The van der Waals surface area contributed by atoms with Gasteiger partial charge in [-0.2, -0.15) is 23.5 Å². The molecule has 0 unspecified atom stereocenters. The number of primary amides is 1. The third-order valence-corrected chi connectivity index (χ3v) is 5.49. The molecule has 1 aliphatic rings. The molecule has 1 aromatic carbocycles. The standard InChI is InChI=1S/C21H22F3N5O3/c1-11-7-17(13(9-25)8-18(11)32-12(2)30)29-10-16(19(26)31)20(28-29)27-15-5-3-14(4-6-15)21(22,23)24/h3-6,10-11,13,17-18H,7-8H2,1-2H3,(H2,26,31)(H,27,28)/t11-,13+,17-,18-/m0/s1. The SMILES string of the molecule is CC(=O)O[C@H]1C[C@H](C#N)[C@@H](n2cc(C(N)=O)c(Nc3ccc(C(F)(F)F)cc3)n2)C[C@@H]1C. The molecule has 2 aromatic rings. The van der Waals surface area contributed by atoms with Crippen LogP contribution in [-0.2, 0) is 15.7 Å². The molecule has 1 amide bonds. The van der Waals surface area contributed by atoms with Gasteiger partial charge in [0.25, 0.3) is 5.91 Å². The molecule has 0 radical (unpaired) electrons. The number of nitrogens with zero attached hydrogens (tertiary/aromatic N) is 3. The summed E-state index contributed by atoms with van der Waals surface area (Å²) in [7, 11) is 0.